The van der Waals surface area contributed by atoms with Crippen molar-refractivity contribution < 1.29 is 15.2 Å². The van der Waals surface area contributed by atoms with Crippen molar-refractivity contribution in [2.24, 2.45) is 0 Å². The molecule has 236 valence electrons. The summed E-state index contributed by atoms with van der Waals surface area (Å²) in [5.74, 6) is 0.507. The van der Waals surface area contributed by atoms with E-state index >= 15 is 0 Å². The first-order valence-corrected chi connectivity index (χ1v) is 16.7. The van der Waals surface area contributed by atoms with Gasteiger partial charge in [-0.2, -0.15) is 10.2 Å². The SMILES string of the molecule is [2H]C[C@@]1(COP(OCCC#N)N(C(C)C)C(C)C)CN(C2CCCCC2)C[C@H](n2ccc(NCc3ccccc3)nc2=O)O1. The van der Waals surface area contributed by atoms with Gasteiger partial charge in [0.1, 0.15) is 11.4 Å². The number of ether oxygens (including phenoxy) is 1. The first-order valence-electron chi connectivity index (χ1n) is 16.2. The van der Waals surface area contributed by atoms with Crippen molar-refractivity contribution in [2.75, 3.05) is 31.6 Å². The molecule has 43 heavy (non-hydrogen) atoms. The van der Waals surface area contributed by atoms with Gasteiger partial charge in [-0.1, -0.05) is 49.6 Å². The molecule has 1 aromatic carbocycles. The molecule has 11 heteroatoms. The minimum absolute atomic E-state index is 0.0314. The smallest absolute Gasteiger partial charge is 0.351 e. The second-order valence-corrected chi connectivity index (χ2v) is 13.6. The van der Waals surface area contributed by atoms with Crippen molar-refractivity contribution in [2.45, 2.75) is 110 Å². The van der Waals surface area contributed by atoms with Gasteiger partial charge < -0.3 is 19.1 Å². The first-order chi connectivity index (χ1) is 21.2. The number of nitrogens with one attached hydrogen (secondary N) is 1. The van der Waals surface area contributed by atoms with Gasteiger partial charge in [0, 0.05) is 45.3 Å². The zero-order valence-corrected chi connectivity index (χ0v) is 27.0. The molecule has 1 saturated carbocycles. The van der Waals surface area contributed by atoms with E-state index in [9.17, 15) is 4.79 Å². The molecule has 2 fully saturated rings. The first kappa shape index (κ1) is 32.0. The van der Waals surface area contributed by atoms with Crippen LogP contribution in [0.4, 0.5) is 5.82 Å². The number of morpholine rings is 1. The van der Waals surface area contributed by atoms with E-state index in [4.69, 9.17) is 20.4 Å². The van der Waals surface area contributed by atoms with Crippen molar-refractivity contribution in [1.82, 2.24) is 19.1 Å². The maximum atomic E-state index is 13.4. The van der Waals surface area contributed by atoms with Crippen LogP contribution in [-0.4, -0.2) is 69.2 Å². The van der Waals surface area contributed by atoms with Gasteiger partial charge >= 0.3 is 5.69 Å². The van der Waals surface area contributed by atoms with Gasteiger partial charge in [-0.25, -0.2) is 9.46 Å². The van der Waals surface area contributed by atoms with Crippen molar-refractivity contribution >= 4 is 14.3 Å². The molecule has 4 rings (SSSR count). The molecular weight excluding hydrogens is 563 g/mol. The largest absolute Gasteiger partial charge is 0.366 e. The summed E-state index contributed by atoms with van der Waals surface area (Å²) in [5, 5.41) is 12.3. The highest BCUT2D eigenvalue weighted by molar-refractivity contribution is 7.44. The molecule has 0 bridgehead atoms. The number of nitriles is 1. The third kappa shape index (κ3) is 9.55. The van der Waals surface area contributed by atoms with E-state index < -0.39 is 26.0 Å². The predicted octanol–water partition coefficient (Wildman–Crippen LogP) is 6.07. The van der Waals surface area contributed by atoms with Gasteiger partial charge in [0.25, 0.3) is 8.53 Å². The van der Waals surface area contributed by atoms with Crippen LogP contribution in [0.15, 0.2) is 47.4 Å². The lowest BCUT2D eigenvalue weighted by Gasteiger charge is -2.48. The molecule has 0 spiro atoms. The third-order valence-electron chi connectivity index (χ3n) is 7.92. The number of benzene rings is 1. The van der Waals surface area contributed by atoms with Crippen molar-refractivity contribution in [3.8, 4) is 6.07 Å². The highest BCUT2D eigenvalue weighted by Crippen LogP contribution is 2.47. The minimum Gasteiger partial charge on any atom is -0.366 e. The van der Waals surface area contributed by atoms with Crippen LogP contribution < -0.4 is 11.0 Å². The molecule has 1 N–H and O–H groups in total. The highest BCUT2D eigenvalue weighted by Gasteiger charge is 2.42. The molecule has 2 aliphatic rings. The average Bonchev–Trinajstić information content (AvgIpc) is 3.03. The second kappa shape index (κ2) is 16.1. The van der Waals surface area contributed by atoms with E-state index in [2.05, 4.69) is 53.6 Å². The molecule has 3 atom stereocenters. The van der Waals surface area contributed by atoms with E-state index in [-0.39, 0.29) is 38.6 Å². The lowest BCUT2D eigenvalue weighted by atomic mass is 9.92. The lowest BCUT2D eigenvalue weighted by molar-refractivity contribution is -0.197. The number of hydrogen-bond donors (Lipinski definition) is 1. The quantitative estimate of drug-likeness (QED) is 0.201. The van der Waals surface area contributed by atoms with E-state index in [1.54, 1.807) is 16.8 Å². The van der Waals surface area contributed by atoms with Gasteiger partial charge in [0.05, 0.1) is 25.7 Å². The van der Waals surface area contributed by atoms with Crippen LogP contribution >= 0.6 is 8.53 Å². The molecular formula is C32H49N6O4P. The standard InChI is InChI=1S/C32H49N6O4P/c1-25(2)38(26(3)4)43(40-20-12-18-33)41-24-32(5)23-36(28-15-10-7-11-16-28)22-30(42-32)37-19-17-29(35-31(37)39)34-21-27-13-8-6-9-14-27/h6,8-9,13-14,17,19,25-26,28,30H,7,10-12,15-16,20-24H2,1-5H3,(H,34,35,39)/t30-,32+,43?/m1/s1/i5D. The highest BCUT2D eigenvalue weighted by atomic mass is 31.2. The minimum atomic E-state index is -1.50. The van der Waals surface area contributed by atoms with E-state index in [0.717, 1.165) is 18.4 Å². The zero-order chi connectivity index (χ0) is 31.5. The van der Waals surface area contributed by atoms with E-state index in [1.165, 1.54) is 19.3 Å². The Labute approximate surface area is 259 Å². The zero-order valence-electron chi connectivity index (χ0n) is 27.2. The molecule has 1 unspecified atom stereocenters. The summed E-state index contributed by atoms with van der Waals surface area (Å²) in [6.45, 7) is 10.4. The van der Waals surface area contributed by atoms with Crippen molar-refractivity contribution in [3.05, 3.63) is 58.6 Å². The van der Waals surface area contributed by atoms with Crippen LogP contribution in [0.1, 0.15) is 86.3 Å². The monoisotopic (exact) mass is 613 g/mol. The number of hydrogen-bond acceptors (Lipinski definition) is 9. The fourth-order valence-corrected chi connectivity index (χ4v) is 7.64. The average molecular weight is 614 g/mol. The van der Waals surface area contributed by atoms with Crippen LogP contribution in [0.2, 0.25) is 0 Å². The van der Waals surface area contributed by atoms with Crippen LogP contribution in [0, 0.1) is 11.3 Å². The van der Waals surface area contributed by atoms with Crippen molar-refractivity contribution in [1.29, 1.82) is 5.26 Å². The fraction of sp³-hybridized carbons (Fsp3) is 0.656. The van der Waals surface area contributed by atoms with Gasteiger partial charge in [-0.3, -0.25) is 9.47 Å². The summed E-state index contributed by atoms with van der Waals surface area (Å²) < 4.78 is 31.8. The Bertz CT molecular complexity index is 1250. The van der Waals surface area contributed by atoms with Gasteiger partial charge in [-0.05, 0) is 59.1 Å². The number of nitrogens with zero attached hydrogens (tertiary/aromatic N) is 5. The lowest BCUT2D eigenvalue weighted by Crippen LogP contribution is -2.58. The number of rotatable bonds is 14. The number of aromatic nitrogens is 2. The fourth-order valence-electron chi connectivity index (χ4n) is 5.95. The molecule has 2 heterocycles. The molecule has 1 aliphatic carbocycles. The third-order valence-corrected chi connectivity index (χ3v) is 9.97. The Balaban J connectivity index is 1.56. The maximum absolute atomic E-state index is 13.4. The van der Waals surface area contributed by atoms with E-state index in [1.807, 2.05) is 30.3 Å². The van der Waals surface area contributed by atoms with Gasteiger partial charge in [0.2, 0.25) is 0 Å². The summed E-state index contributed by atoms with van der Waals surface area (Å²) in [5.41, 5.74) is -0.267. The summed E-state index contributed by atoms with van der Waals surface area (Å²) in [7, 11) is -1.50. The summed E-state index contributed by atoms with van der Waals surface area (Å²) in [4.78, 5) is 20.1. The Kier molecular flexibility index (Phi) is 12.0. The maximum Gasteiger partial charge on any atom is 0.351 e. The predicted molar refractivity (Wildman–Crippen MR) is 170 cm³/mol. The van der Waals surface area contributed by atoms with Crippen LogP contribution in [0.3, 0.4) is 0 Å². The Morgan fingerprint density at radius 1 is 1.19 bits per heavy atom. The second-order valence-electron chi connectivity index (χ2n) is 12.1. The summed E-state index contributed by atoms with van der Waals surface area (Å²) in [6, 6.07) is 14.6. The Morgan fingerprint density at radius 2 is 1.93 bits per heavy atom. The summed E-state index contributed by atoms with van der Waals surface area (Å²) in [6.07, 6.45) is 7.18. The Hall–Kier alpha value is -2.38. The van der Waals surface area contributed by atoms with E-state index in [0.29, 0.717) is 31.5 Å². The Morgan fingerprint density at radius 3 is 2.58 bits per heavy atom. The van der Waals surface area contributed by atoms with Crippen LogP contribution in [0.25, 0.3) is 0 Å². The number of anilines is 1. The molecule has 0 radical (unpaired) electrons. The summed E-state index contributed by atoms with van der Waals surface area (Å²) >= 11 is 0. The van der Waals surface area contributed by atoms with Crippen molar-refractivity contribution in [3.63, 3.8) is 0 Å². The molecule has 10 nitrogen and oxygen atoms in total. The van der Waals surface area contributed by atoms with Gasteiger partial charge in [0.15, 0.2) is 6.23 Å². The normalized spacial score (nSPS) is 22.9. The topological polar surface area (TPSA) is 105 Å². The molecule has 0 amide bonds. The molecule has 1 aromatic heterocycles. The van der Waals surface area contributed by atoms with Gasteiger partial charge in [-0.15, -0.1) is 0 Å². The molecule has 1 aliphatic heterocycles. The van der Waals surface area contributed by atoms with Crippen LogP contribution in [0.5, 0.6) is 0 Å². The van der Waals surface area contributed by atoms with Crippen LogP contribution in [-0.2, 0) is 20.3 Å². The molecule has 1 saturated heterocycles. The molecule has 2 aromatic rings.